The number of aliphatic hydroxyl groups is 2. The third kappa shape index (κ3) is 5.19. The van der Waals surface area contributed by atoms with Gasteiger partial charge >= 0.3 is 0 Å². The molecule has 2 saturated heterocycles. The Morgan fingerprint density at radius 1 is 1.08 bits per heavy atom. The van der Waals surface area contributed by atoms with Crippen molar-refractivity contribution < 1.29 is 19.7 Å². The first-order valence-corrected chi connectivity index (χ1v) is 9.73. The van der Waals surface area contributed by atoms with Crippen molar-refractivity contribution in [3.8, 4) is 5.75 Å². The van der Waals surface area contributed by atoms with Gasteiger partial charge in [-0.1, -0.05) is 0 Å². The summed E-state index contributed by atoms with van der Waals surface area (Å²) in [5.41, 5.74) is 0.729. The molecule has 0 saturated carbocycles. The third-order valence-electron chi connectivity index (χ3n) is 5.26. The highest BCUT2D eigenvalue weighted by Crippen LogP contribution is 2.21. The first-order chi connectivity index (χ1) is 12.7. The minimum Gasteiger partial charge on any atom is -0.490 e. The highest BCUT2D eigenvalue weighted by Gasteiger charge is 2.22. The molecule has 26 heavy (non-hydrogen) atoms. The summed E-state index contributed by atoms with van der Waals surface area (Å²) in [7, 11) is 0. The maximum Gasteiger partial charge on any atom is 0.253 e. The molecule has 3 rings (SSSR count). The van der Waals surface area contributed by atoms with E-state index in [4.69, 9.17) is 9.84 Å². The largest absolute Gasteiger partial charge is 0.490 e. The van der Waals surface area contributed by atoms with Gasteiger partial charge in [-0.2, -0.15) is 0 Å². The normalized spacial score (nSPS) is 20.8. The Labute approximate surface area is 155 Å². The lowest BCUT2D eigenvalue weighted by atomic mass is 10.1. The van der Waals surface area contributed by atoms with Crippen LogP contribution in [0.1, 0.15) is 42.5 Å². The minimum absolute atomic E-state index is 0.118. The zero-order valence-electron chi connectivity index (χ0n) is 15.3. The van der Waals surface area contributed by atoms with Gasteiger partial charge in [-0.3, -0.25) is 4.79 Å². The Morgan fingerprint density at radius 2 is 1.73 bits per heavy atom. The van der Waals surface area contributed by atoms with E-state index in [0.29, 0.717) is 6.54 Å². The second-order valence-electron chi connectivity index (χ2n) is 7.33. The molecule has 0 bridgehead atoms. The van der Waals surface area contributed by atoms with E-state index in [1.54, 1.807) is 0 Å². The molecule has 0 aliphatic carbocycles. The summed E-state index contributed by atoms with van der Waals surface area (Å²) in [6.07, 6.45) is 4.69. The summed E-state index contributed by atoms with van der Waals surface area (Å²) in [4.78, 5) is 16.6. The Balaban J connectivity index is 1.47. The summed E-state index contributed by atoms with van der Waals surface area (Å²) in [6, 6.07) is 7.50. The third-order valence-corrected chi connectivity index (χ3v) is 5.26. The van der Waals surface area contributed by atoms with Crippen LogP contribution in [0, 0.1) is 0 Å². The fraction of sp³-hybridized carbons (Fsp3) is 0.650. The average molecular weight is 362 g/mol. The van der Waals surface area contributed by atoms with Gasteiger partial charge in [-0.15, -0.1) is 0 Å². The van der Waals surface area contributed by atoms with Crippen molar-refractivity contribution in [1.29, 1.82) is 0 Å². The number of amides is 1. The fourth-order valence-corrected chi connectivity index (χ4v) is 3.71. The van der Waals surface area contributed by atoms with E-state index in [-0.39, 0.29) is 18.6 Å². The number of nitrogens with zero attached hydrogens (tertiary/aromatic N) is 2. The number of ether oxygens (including phenoxy) is 1. The van der Waals surface area contributed by atoms with Crippen molar-refractivity contribution >= 4 is 5.91 Å². The molecule has 0 aromatic heterocycles. The lowest BCUT2D eigenvalue weighted by Gasteiger charge is -2.33. The number of rotatable bonds is 6. The van der Waals surface area contributed by atoms with Crippen molar-refractivity contribution in [2.45, 2.75) is 44.3 Å². The molecule has 6 nitrogen and oxygen atoms in total. The van der Waals surface area contributed by atoms with Crippen LogP contribution in [0.3, 0.4) is 0 Å². The molecule has 6 heteroatoms. The smallest absolute Gasteiger partial charge is 0.253 e. The van der Waals surface area contributed by atoms with Crippen molar-refractivity contribution in [3.05, 3.63) is 29.8 Å². The van der Waals surface area contributed by atoms with E-state index < -0.39 is 6.10 Å². The number of aliphatic hydroxyl groups excluding tert-OH is 2. The Kier molecular flexibility index (Phi) is 6.88. The number of carbonyl (C=O) groups is 1. The van der Waals surface area contributed by atoms with Gasteiger partial charge in [-0.05, 0) is 56.4 Å². The van der Waals surface area contributed by atoms with Gasteiger partial charge in [0.15, 0.2) is 0 Å². The molecule has 1 amide bonds. The molecule has 1 aromatic carbocycles. The van der Waals surface area contributed by atoms with Gasteiger partial charge in [-0.25, -0.2) is 0 Å². The zero-order chi connectivity index (χ0) is 18.4. The summed E-state index contributed by atoms with van der Waals surface area (Å²) < 4.78 is 6.05. The summed E-state index contributed by atoms with van der Waals surface area (Å²) in [5.74, 6) is 0.918. The first-order valence-electron chi connectivity index (χ1n) is 9.73. The SMILES string of the molecule is O=C(c1ccc(OC2CCN(CC(O)CO)CC2)cc1)N1CCCCC1. The van der Waals surface area contributed by atoms with Crippen molar-refractivity contribution in [3.63, 3.8) is 0 Å². The van der Waals surface area contributed by atoms with Gasteiger partial charge in [0.1, 0.15) is 11.9 Å². The second kappa shape index (κ2) is 9.35. The van der Waals surface area contributed by atoms with E-state index in [2.05, 4.69) is 4.90 Å². The van der Waals surface area contributed by atoms with Gasteiger partial charge in [0, 0.05) is 38.3 Å². The molecule has 2 N–H and O–H groups in total. The maximum atomic E-state index is 12.5. The summed E-state index contributed by atoms with van der Waals surface area (Å²) >= 11 is 0. The van der Waals surface area contributed by atoms with E-state index in [1.807, 2.05) is 29.2 Å². The lowest BCUT2D eigenvalue weighted by molar-refractivity contribution is 0.0346. The summed E-state index contributed by atoms with van der Waals surface area (Å²) in [5, 5.41) is 18.5. The van der Waals surface area contributed by atoms with Gasteiger partial charge < -0.3 is 24.7 Å². The Hall–Kier alpha value is -1.63. The topological polar surface area (TPSA) is 73.2 Å². The van der Waals surface area contributed by atoms with E-state index in [9.17, 15) is 9.90 Å². The molecule has 0 spiro atoms. The minimum atomic E-state index is -0.669. The molecule has 1 unspecified atom stereocenters. The van der Waals surface area contributed by atoms with Crippen LogP contribution in [0.25, 0.3) is 0 Å². The quantitative estimate of drug-likeness (QED) is 0.803. The number of carbonyl (C=O) groups excluding carboxylic acids is 1. The van der Waals surface area contributed by atoms with Crippen LogP contribution in [0.2, 0.25) is 0 Å². The van der Waals surface area contributed by atoms with Gasteiger partial charge in [0.25, 0.3) is 5.91 Å². The molecule has 2 aliphatic heterocycles. The molecule has 2 aliphatic rings. The lowest BCUT2D eigenvalue weighted by Crippen LogP contribution is -2.42. The predicted molar refractivity (Wildman–Crippen MR) is 99.4 cm³/mol. The molecule has 144 valence electrons. The van der Waals surface area contributed by atoms with Crippen molar-refractivity contribution in [2.24, 2.45) is 0 Å². The first kappa shape index (κ1) is 19.1. The number of hydrogen-bond donors (Lipinski definition) is 2. The van der Waals surface area contributed by atoms with Crippen LogP contribution in [0.4, 0.5) is 0 Å². The predicted octanol–water partition coefficient (Wildman–Crippen LogP) is 1.51. The number of benzene rings is 1. The van der Waals surface area contributed by atoms with Crippen molar-refractivity contribution in [2.75, 3.05) is 39.3 Å². The Morgan fingerprint density at radius 3 is 2.35 bits per heavy atom. The molecule has 0 radical (unpaired) electrons. The number of hydrogen-bond acceptors (Lipinski definition) is 5. The van der Waals surface area contributed by atoms with Crippen LogP contribution in [0.5, 0.6) is 5.75 Å². The molecular formula is C20H30N2O4. The van der Waals surface area contributed by atoms with Crippen LogP contribution in [-0.4, -0.2) is 77.5 Å². The monoisotopic (exact) mass is 362 g/mol. The van der Waals surface area contributed by atoms with Crippen LogP contribution < -0.4 is 4.74 Å². The van der Waals surface area contributed by atoms with Crippen LogP contribution in [-0.2, 0) is 0 Å². The van der Waals surface area contributed by atoms with Gasteiger partial charge in [0.05, 0.1) is 12.7 Å². The molecule has 2 fully saturated rings. The standard InChI is InChI=1S/C20H30N2O4/c23-15-17(24)14-21-12-8-19(9-13-21)26-18-6-4-16(5-7-18)20(25)22-10-2-1-3-11-22/h4-7,17,19,23-24H,1-3,8-15H2. The molecule has 1 aromatic rings. The maximum absolute atomic E-state index is 12.5. The zero-order valence-corrected chi connectivity index (χ0v) is 15.3. The van der Waals surface area contributed by atoms with Crippen molar-refractivity contribution in [1.82, 2.24) is 9.80 Å². The highest BCUT2D eigenvalue weighted by atomic mass is 16.5. The van der Waals surface area contributed by atoms with E-state index in [1.165, 1.54) is 6.42 Å². The number of β-amino-alcohol motifs (C(OH)–C–C–N with tert-alkyl or cyclic N) is 1. The molecule has 2 heterocycles. The number of piperidine rings is 2. The summed E-state index contributed by atoms with van der Waals surface area (Å²) in [6.45, 7) is 3.75. The Bertz CT molecular complexity index is 564. The van der Waals surface area contributed by atoms with Gasteiger partial charge in [0.2, 0.25) is 0 Å². The fourth-order valence-electron chi connectivity index (χ4n) is 3.71. The van der Waals surface area contributed by atoms with Crippen LogP contribution >= 0.6 is 0 Å². The molecular weight excluding hydrogens is 332 g/mol. The van der Waals surface area contributed by atoms with E-state index >= 15 is 0 Å². The second-order valence-corrected chi connectivity index (χ2v) is 7.33. The number of likely N-dealkylation sites (tertiary alicyclic amines) is 2. The van der Waals surface area contributed by atoms with E-state index in [0.717, 1.165) is 63.2 Å². The molecule has 1 atom stereocenters. The average Bonchev–Trinajstić information content (AvgIpc) is 2.70. The highest BCUT2D eigenvalue weighted by molar-refractivity contribution is 5.94. The van der Waals surface area contributed by atoms with Crippen LogP contribution in [0.15, 0.2) is 24.3 Å².